The first-order valence-electron chi connectivity index (χ1n) is 7.40. The van der Waals surface area contributed by atoms with Crippen molar-refractivity contribution < 1.29 is 39.8 Å². The summed E-state index contributed by atoms with van der Waals surface area (Å²) < 4.78 is 42.5. The van der Waals surface area contributed by atoms with Crippen LogP contribution in [0, 0.1) is 12.7 Å². The lowest BCUT2D eigenvalue weighted by Gasteiger charge is -2.07. The Morgan fingerprint density at radius 3 is 2.67 bits per heavy atom. The molecule has 0 amide bonds. The molecule has 0 fully saturated rings. The van der Waals surface area contributed by atoms with E-state index in [-0.39, 0.29) is 50.4 Å². The van der Waals surface area contributed by atoms with Gasteiger partial charge >= 0.3 is 12.2 Å². The lowest BCUT2D eigenvalue weighted by Crippen LogP contribution is -3.00. The van der Waals surface area contributed by atoms with Gasteiger partial charge in [0.15, 0.2) is 24.3 Å². The van der Waals surface area contributed by atoms with Crippen molar-refractivity contribution in [2.75, 3.05) is 0 Å². The molecule has 0 aliphatic heterocycles. The Labute approximate surface area is 166 Å². The number of benzene rings is 1. The highest BCUT2D eigenvalue weighted by molar-refractivity contribution is 6.31. The van der Waals surface area contributed by atoms with Crippen LogP contribution in [0.5, 0.6) is 5.75 Å². The minimum atomic E-state index is -3.09. The lowest BCUT2D eigenvalue weighted by molar-refractivity contribution is -0.688. The van der Waals surface area contributed by atoms with Gasteiger partial charge in [-0.3, -0.25) is 0 Å². The first kappa shape index (κ1) is 21.0. The van der Waals surface area contributed by atoms with Gasteiger partial charge in [0.25, 0.3) is 0 Å². The van der Waals surface area contributed by atoms with Crippen LogP contribution in [-0.4, -0.2) is 19.5 Å². The van der Waals surface area contributed by atoms with Gasteiger partial charge in [0.1, 0.15) is 11.5 Å². The third-order valence-corrected chi connectivity index (χ3v) is 4.07. The van der Waals surface area contributed by atoms with E-state index in [1.807, 2.05) is 0 Å². The normalized spacial score (nSPS) is 10.9. The molecule has 0 aliphatic rings. The van der Waals surface area contributed by atoms with E-state index >= 15 is 0 Å². The second kappa shape index (κ2) is 8.13. The van der Waals surface area contributed by atoms with Gasteiger partial charge in [-0.05, 0) is 25.1 Å². The average Bonchev–Trinajstić information content (AvgIpc) is 2.84. The van der Waals surface area contributed by atoms with Crippen molar-refractivity contribution in [3.05, 3.63) is 69.4 Å². The summed E-state index contributed by atoms with van der Waals surface area (Å²) in [4.78, 5) is 12.1. The van der Waals surface area contributed by atoms with Crippen molar-refractivity contribution in [3.63, 3.8) is 0 Å². The lowest BCUT2D eigenvalue weighted by atomic mass is 10.2. The summed E-state index contributed by atoms with van der Waals surface area (Å²) in [7, 11) is 0. The fourth-order valence-corrected chi connectivity index (χ4v) is 2.74. The van der Waals surface area contributed by atoms with Crippen LogP contribution < -0.4 is 27.2 Å². The molecule has 0 unspecified atom stereocenters. The van der Waals surface area contributed by atoms with Crippen LogP contribution in [0.2, 0.25) is 5.02 Å². The molecular weight excluding hydrogens is 453 g/mol. The van der Waals surface area contributed by atoms with Crippen LogP contribution in [0.25, 0.3) is 5.69 Å². The van der Waals surface area contributed by atoms with Crippen LogP contribution in [0.1, 0.15) is 17.9 Å². The number of aromatic nitrogens is 4. The standard InChI is InChI=1S/C16H12ClF3N4O2.BrH/c1-9-21-24(16(26)23(9)15(19)20)14-5-10(12(17)6-13(14)18)7-22-4-2-3-11(25)8-22;/h2-6,8,15H,7H2,1H3;1H. The summed E-state index contributed by atoms with van der Waals surface area (Å²) in [6, 6.07) is 5.33. The number of nitrogens with zero attached hydrogens (tertiary/aromatic N) is 4. The maximum atomic E-state index is 14.3. The SMILES string of the molecule is Cc1nn(-c2cc(C[n+]3cccc(O)c3)c(Cl)cc2F)c(=O)n1C(F)F.[Br-]. The number of halogens is 5. The highest BCUT2D eigenvalue weighted by Crippen LogP contribution is 2.23. The molecule has 1 N–H and O–H groups in total. The Morgan fingerprint density at radius 2 is 2.07 bits per heavy atom. The molecule has 3 aromatic rings. The number of pyridine rings is 1. The zero-order valence-electron chi connectivity index (χ0n) is 13.8. The van der Waals surface area contributed by atoms with E-state index in [1.54, 1.807) is 16.8 Å². The minimum Gasteiger partial charge on any atom is -1.00 e. The van der Waals surface area contributed by atoms with Crippen molar-refractivity contribution in [1.82, 2.24) is 14.3 Å². The van der Waals surface area contributed by atoms with Crippen molar-refractivity contribution in [1.29, 1.82) is 0 Å². The van der Waals surface area contributed by atoms with Crippen LogP contribution in [0.4, 0.5) is 13.2 Å². The molecule has 2 heterocycles. The van der Waals surface area contributed by atoms with Crippen LogP contribution >= 0.6 is 11.6 Å². The van der Waals surface area contributed by atoms with Gasteiger partial charge in [0.2, 0.25) is 6.20 Å². The monoisotopic (exact) mass is 464 g/mol. The van der Waals surface area contributed by atoms with Crippen molar-refractivity contribution in [2.45, 2.75) is 20.0 Å². The van der Waals surface area contributed by atoms with Crippen molar-refractivity contribution >= 4 is 11.6 Å². The molecule has 11 heteroatoms. The van der Waals surface area contributed by atoms with Gasteiger partial charge in [-0.2, -0.15) is 18.0 Å². The number of aryl methyl sites for hydroxylation is 1. The number of rotatable bonds is 4. The molecule has 0 aliphatic carbocycles. The number of hydrogen-bond donors (Lipinski definition) is 1. The van der Waals surface area contributed by atoms with Crippen LogP contribution in [0.3, 0.4) is 0 Å². The van der Waals surface area contributed by atoms with E-state index in [9.17, 15) is 23.1 Å². The van der Waals surface area contributed by atoms with Gasteiger partial charge in [0, 0.05) is 11.6 Å². The van der Waals surface area contributed by atoms with E-state index in [0.717, 1.165) is 6.07 Å². The third kappa shape index (κ3) is 4.16. The van der Waals surface area contributed by atoms with Gasteiger partial charge in [-0.1, -0.05) is 11.6 Å². The Balaban J connectivity index is 0.00000261. The molecule has 0 radical (unpaired) electrons. The van der Waals surface area contributed by atoms with Gasteiger partial charge in [0.05, 0.1) is 5.02 Å². The van der Waals surface area contributed by atoms with Crippen molar-refractivity contribution in [2.24, 2.45) is 0 Å². The van der Waals surface area contributed by atoms with E-state index in [1.165, 1.54) is 25.3 Å². The zero-order valence-corrected chi connectivity index (χ0v) is 16.1. The first-order chi connectivity index (χ1) is 12.3. The van der Waals surface area contributed by atoms with Crippen LogP contribution in [-0.2, 0) is 6.54 Å². The summed E-state index contributed by atoms with van der Waals surface area (Å²) in [5.41, 5.74) is -1.04. The first-order valence-corrected chi connectivity index (χ1v) is 7.78. The molecule has 0 saturated carbocycles. The molecule has 0 saturated heterocycles. The van der Waals surface area contributed by atoms with E-state index < -0.39 is 18.1 Å². The largest absolute Gasteiger partial charge is 1.00 e. The fraction of sp³-hybridized carbons (Fsp3) is 0.188. The highest BCUT2D eigenvalue weighted by atomic mass is 79.9. The van der Waals surface area contributed by atoms with Gasteiger partial charge in [-0.15, -0.1) is 5.10 Å². The number of aromatic hydroxyl groups is 1. The molecule has 27 heavy (non-hydrogen) atoms. The maximum absolute atomic E-state index is 14.3. The zero-order chi connectivity index (χ0) is 19.0. The quantitative estimate of drug-likeness (QED) is 0.532. The summed E-state index contributed by atoms with van der Waals surface area (Å²) in [6.07, 6.45) is 3.09. The highest BCUT2D eigenvalue weighted by Gasteiger charge is 2.22. The van der Waals surface area contributed by atoms with E-state index in [0.29, 0.717) is 10.2 Å². The third-order valence-electron chi connectivity index (χ3n) is 3.72. The summed E-state index contributed by atoms with van der Waals surface area (Å²) in [5.74, 6) is -1.10. The molecule has 6 nitrogen and oxygen atoms in total. The molecule has 0 atom stereocenters. The van der Waals surface area contributed by atoms with Crippen molar-refractivity contribution in [3.8, 4) is 11.4 Å². The van der Waals surface area contributed by atoms with Gasteiger partial charge in [-0.25, -0.2) is 13.8 Å². The van der Waals surface area contributed by atoms with Crippen LogP contribution in [0.15, 0.2) is 41.5 Å². The molecule has 1 aromatic carbocycles. The Bertz CT molecular complexity index is 1040. The Morgan fingerprint density at radius 1 is 1.37 bits per heavy atom. The second-order valence-electron chi connectivity index (χ2n) is 5.52. The maximum Gasteiger partial charge on any atom is 0.355 e. The average molecular weight is 466 g/mol. The Kier molecular flexibility index (Phi) is 6.32. The molecule has 144 valence electrons. The predicted molar refractivity (Wildman–Crippen MR) is 86.2 cm³/mol. The molecule has 0 spiro atoms. The Hall–Kier alpha value is -2.33. The van der Waals surface area contributed by atoms with Gasteiger partial charge < -0.3 is 22.1 Å². The number of alkyl halides is 2. The fourth-order valence-electron chi connectivity index (χ4n) is 2.53. The van der Waals surface area contributed by atoms with E-state index in [4.69, 9.17) is 11.6 Å². The second-order valence-corrected chi connectivity index (χ2v) is 5.93. The summed E-state index contributed by atoms with van der Waals surface area (Å²) in [5, 5.41) is 13.3. The molecule has 2 aromatic heterocycles. The molecule has 0 bridgehead atoms. The topological polar surface area (TPSA) is 63.9 Å². The molecular formula is C16H13BrClF3N4O2. The number of hydrogen-bond acceptors (Lipinski definition) is 3. The minimum absolute atomic E-state index is 0. The summed E-state index contributed by atoms with van der Waals surface area (Å²) in [6.45, 7) is -1.71. The predicted octanol–water partition coefficient (Wildman–Crippen LogP) is -0.425. The summed E-state index contributed by atoms with van der Waals surface area (Å²) >= 11 is 6.06. The molecule has 3 rings (SSSR count). The van der Waals surface area contributed by atoms with E-state index in [2.05, 4.69) is 5.10 Å². The smallest absolute Gasteiger partial charge is 0.355 e.